The number of nitrogens with zero attached hydrogens (tertiary/aromatic N) is 2. The van der Waals surface area contributed by atoms with Crippen LogP contribution in [0.15, 0.2) is 41.9 Å². The van der Waals surface area contributed by atoms with Crippen molar-refractivity contribution in [3.05, 3.63) is 52.5 Å². The van der Waals surface area contributed by atoms with E-state index < -0.39 is 15.6 Å². The molecule has 1 aliphatic heterocycles. The van der Waals surface area contributed by atoms with E-state index in [0.717, 1.165) is 10.6 Å². The van der Waals surface area contributed by atoms with Gasteiger partial charge in [0.1, 0.15) is 5.01 Å². The second-order valence-electron chi connectivity index (χ2n) is 7.37. The first-order valence-electron chi connectivity index (χ1n) is 9.02. The number of carbonyl (C=O) groups excluding carboxylic acids is 1. The molecule has 0 spiro atoms. The van der Waals surface area contributed by atoms with Crippen molar-refractivity contribution in [2.24, 2.45) is 5.92 Å². The zero-order valence-corrected chi connectivity index (χ0v) is 17.2. The van der Waals surface area contributed by atoms with Crippen LogP contribution >= 0.6 is 11.3 Å². The molecule has 1 N–H and O–H groups in total. The van der Waals surface area contributed by atoms with Crippen LogP contribution < -0.4 is 5.32 Å². The monoisotopic (exact) mass is 407 g/mol. The molecule has 6 nitrogen and oxygen atoms in total. The molecule has 146 valence electrons. The second kappa shape index (κ2) is 8.08. The molecule has 27 heavy (non-hydrogen) atoms. The third kappa shape index (κ3) is 4.94. The molecular formula is C19H25N3O3S2. The molecule has 1 saturated heterocycles. The number of hydrogen-bond donors (Lipinski definition) is 1. The Morgan fingerprint density at radius 1 is 1.26 bits per heavy atom. The minimum Gasteiger partial charge on any atom is -0.344 e. The van der Waals surface area contributed by atoms with Crippen LogP contribution in [0.4, 0.5) is 0 Å². The Hall–Kier alpha value is -1.77. The summed E-state index contributed by atoms with van der Waals surface area (Å²) in [7, 11) is -3.36. The minimum atomic E-state index is -3.36. The summed E-state index contributed by atoms with van der Waals surface area (Å²) in [5.41, 5.74) is 0.254. The van der Waals surface area contributed by atoms with Gasteiger partial charge in [-0.25, -0.2) is 17.7 Å². The average molecular weight is 408 g/mol. The second-order valence-corrected chi connectivity index (χ2v) is 10.2. The van der Waals surface area contributed by atoms with Crippen LogP contribution in [-0.2, 0) is 26.1 Å². The fraction of sp³-hybridized carbons (Fsp3) is 0.474. The summed E-state index contributed by atoms with van der Waals surface area (Å²) in [4.78, 5) is 16.9. The van der Waals surface area contributed by atoms with Crippen LogP contribution in [0.2, 0.25) is 0 Å². The van der Waals surface area contributed by atoms with Crippen LogP contribution in [0.5, 0.6) is 0 Å². The first-order chi connectivity index (χ1) is 12.8. The summed E-state index contributed by atoms with van der Waals surface area (Å²) in [6.45, 7) is 4.63. The Bertz CT molecular complexity index is 857. The summed E-state index contributed by atoms with van der Waals surface area (Å²) in [5.74, 6) is -0.204. The quantitative estimate of drug-likeness (QED) is 0.799. The molecule has 0 unspecified atom stereocenters. The number of benzene rings is 1. The molecule has 0 atom stereocenters. The van der Waals surface area contributed by atoms with E-state index in [1.54, 1.807) is 6.20 Å². The zero-order valence-electron chi connectivity index (χ0n) is 15.6. The van der Waals surface area contributed by atoms with Crippen LogP contribution in [0.1, 0.15) is 37.3 Å². The number of piperidine rings is 1. The fourth-order valence-electron chi connectivity index (χ4n) is 3.27. The molecule has 2 aromatic rings. The molecule has 1 aromatic carbocycles. The lowest BCUT2D eigenvalue weighted by Gasteiger charge is -2.33. The van der Waals surface area contributed by atoms with Crippen LogP contribution in [0.3, 0.4) is 0 Å². The van der Waals surface area contributed by atoms with Crippen molar-refractivity contribution in [3.8, 4) is 0 Å². The van der Waals surface area contributed by atoms with E-state index in [-0.39, 0.29) is 17.6 Å². The molecule has 1 aromatic heterocycles. The summed E-state index contributed by atoms with van der Waals surface area (Å²) >= 11 is 1.51. The van der Waals surface area contributed by atoms with Gasteiger partial charge in [0, 0.05) is 30.6 Å². The first-order valence-corrected chi connectivity index (χ1v) is 11.5. The third-order valence-corrected chi connectivity index (χ3v) is 7.76. The SMILES string of the molecule is CC(C)(NC(=O)C1CCN(S(=O)(=O)Cc2ccccc2)CC1)c1nccs1. The van der Waals surface area contributed by atoms with E-state index in [1.165, 1.54) is 15.6 Å². The van der Waals surface area contributed by atoms with Crippen molar-refractivity contribution < 1.29 is 13.2 Å². The topological polar surface area (TPSA) is 79.4 Å². The number of carbonyl (C=O) groups is 1. The van der Waals surface area contributed by atoms with E-state index >= 15 is 0 Å². The Labute approximate surface area is 164 Å². The standard InChI is InChI=1S/C19H25N3O3S2/c1-19(2,18-20-10-13-26-18)21-17(23)16-8-11-22(12-9-16)27(24,25)14-15-6-4-3-5-7-15/h3-7,10,13,16H,8-9,11-12,14H2,1-2H3,(H,21,23). The molecule has 1 fully saturated rings. The van der Waals surface area contributed by atoms with Gasteiger partial charge in [0.05, 0.1) is 11.3 Å². The number of sulfonamides is 1. The lowest BCUT2D eigenvalue weighted by molar-refractivity contribution is -0.127. The number of thiazole rings is 1. The average Bonchev–Trinajstić information content (AvgIpc) is 3.18. The summed E-state index contributed by atoms with van der Waals surface area (Å²) in [5, 5.41) is 5.81. The number of nitrogens with one attached hydrogen (secondary N) is 1. The highest BCUT2D eigenvalue weighted by atomic mass is 32.2. The van der Waals surface area contributed by atoms with Crippen molar-refractivity contribution >= 4 is 27.3 Å². The summed E-state index contributed by atoms with van der Waals surface area (Å²) in [6, 6.07) is 9.18. The Morgan fingerprint density at radius 2 is 1.93 bits per heavy atom. The predicted octanol–water partition coefficient (Wildman–Crippen LogP) is 2.74. The smallest absolute Gasteiger partial charge is 0.223 e. The highest BCUT2D eigenvalue weighted by Crippen LogP contribution is 2.26. The van der Waals surface area contributed by atoms with Gasteiger partial charge in [-0.05, 0) is 32.3 Å². The molecule has 0 saturated carbocycles. The van der Waals surface area contributed by atoms with Gasteiger partial charge in [-0.3, -0.25) is 4.79 Å². The van der Waals surface area contributed by atoms with Gasteiger partial charge in [-0.1, -0.05) is 30.3 Å². The maximum Gasteiger partial charge on any atom is 0.223 e. The molecule has 0 aliphatic carbocycles. The Kier molecular flexibility index (Phi) is 5.98. The molecule has 1 aliphatic rings. The third-order valence-electron chi connectivity index (χ3n) is 4.81. The van der Waals surface area contributed by atoms with Crippen molar-refractivity contribution in [1.82, 2.24) is 14.6 Å². The largest absolute Gasteiger partial charge is 0.344 e. The lowest BCUT2D eigenvalue weighted by Crippen LogP contribution is -2.48. The summed E-state index contributed by atoms with van der Waals surface area (Å²) < 4.78 is 26.8. The maximum atomic E-state index is 12.7. The molecule has 8 heteroatoms. The maximum absolute atomic E-state index is 12.7. The molecule has 0 radical (unpaired) electrons. The first kappa shape index (κ1) is 20.0. The van der Waals surface area contributed by atoms with Gasteiger partial charge >= 0.3 is 0 Å². The van der Waals surface area contributed by atoms with Crippen LogP contribution in [0, 0.1) is 5.92 Å². The van der Waals surface area contributed by atoms with Gasteiger partial charge in [0.25, 0.3) is 0 Å². The fourth-order valence-corrected chi connectivity index (χ4v) is 5.55. The Morgan fingerprint density at radius 3 is 2.52 bits per heavy atom. The van der Waals surface area contributed by atoms with Crippen LogP contribution in [-0.4, -0.2) is 36.7 Å². The van der Waals surface area contributed by atoms with Gasteiger partial charge < -0.3 is 5.32 Å². The van der Waals surface area contributed by atoms with Gasteiger partial charge in [-0.15, -0.1) is 11.3 Å². The van der Waals surface area contributed by atoms with E-state index in [4.69, 9.17) is 0 Å². The van der Waals surface area contributed by atoms with Crippen molar-refractivity contribution in [2.45, 2.75) is 38.0 Å². The highest BCUT2D eigenvalue weighted by Gasteiger charge is 2.34. The highest BCUT2D eigenvalue weighted by molar-refractivity contribution is 7.88. The normalized spacial score (nSPS) is 17.0. The molecule has 3 rings (SSSR count). The predicted molar refractivity (Wildman–Crippen MR) is 107 cm³/mol. The lowest BCUT2D eigenvalue weighted by atomic mass is 9.95. The number of aromatic nitrogens is 1. The van der Waals surface area contributed by atoms with Crippen molar-refractivity contribution in [2.75, 3.05) is 13.1 Å². The van der Waals surface area contributed by atoms with E-state index in [9.17, 15) is 13.2 Å². The molecule has 1 amide bonds. The van der Waals surface area contributed by atoms with Gasteiger partial charge in [0.15, 0.2) is 0 Å². The molecule has 0 bridgehead atoms. The number of hydrogen-bond acceptors (Lipinski definition) is 5. The van der Waals surface area contributed by atoms with Crippen LogP contribution in [0.25, 0.3) is 0 Å². The number of amides is 1. The van der Waals surface area contributed by atoms with Crippen molar-refractivity contribution in [1.29, 1.82) is 0 Å². The molecular weight excluding hydrogens is 382 g/mol. The molecule has 2 heterocycles. The van der Waals surface area contributed by atoms with E-state index in [0.29, 0.717) is 25.9 Å². The Balaban J connectivity index is 1.56. The van der Waals surface area contributed by atoms with Gasteiger partial charge in [0.2, 0.25) is 15.9 Å². The zero-order chi connectivity index (χ0) is 19.5. The summed E-state index contributed by atoms with van der Waals surface area (Å²) in [6.07, 6.45) is 2.80. The number of rotatable bonds is 6. The van der Waals surface area contributed by atoms with E-state index in [1.807, 2.05) is 49.6 Å². The van der Waals surface area contributed by atoms with E-state index in [2.05, 4.69) is 10.3 Å². The van der Waals surface area contributed by atoms with Crippen molar-refractivity contribution in [3.63, 3.8) is 0 Å². The van der Waals surface area contributed by atoms with Gasteiger partial charge in [-0.2, -0.15) is 0 Å². The minimum absolute atomic E-state index is 0.00177.